The van der Waals surface area contributed by atoms with Crippen molar-refractivity contribution >= 4 is 11.6 Å². The van der Waals surface area contributed by atoms with Crippen molar-refractivity contribution in [1.29, 1.82) is 0 Å². The van der Waals surface area contributed by atoms with Crippen LogP contribution in [0, 0.1) is 0 Å². The summed E-state index contributed by atoms with van der Waals surface area (Å²) in [6, 6.07) is 4.22. The van der Waals surface area contributed by atoms with Crippen LogP contribution in [0.3, 0.4) is 0 Å². The summed E-state index contributed by atoms with van der Waals surface area (Å²) in [6.45, 7) is 5.67. The van der Waals surface area contributed by atoms with Crippen molar-refractivity contribution < 1.29 is 13.2 Å². The highest BCUT2D eigenvalue weighted by atomic mass is 35.5. The van der Waals surface area contributed by atoms with Crippen LogP contribution in [-0.2, 0) is 12.6 Å². The monoisotopic (exact) mass is 238 g/mol. The zero-order chi connectivity index (χ0) is 12.1. The summed E-state index contributed by atoms with van der Waals surface area (Å²) in [7, 11) is 0. The van der Waals surface area contributed by atoms with Gasteiger partial charge in [-0.15, -0.1) is 0 Å². The third kappa shape index (κ3) is 3.74. The van der Waals surface area contributed by atoms with E-state index in [2.05, 4.69) is 0 Å². The van der Waals surface area contributed by atoms with Gasteiger partial charge < -0.3 is 0 Å². The average Bonchev–Trinajstić information content (AvgIpc) is 2.18. The summed E-state index contributed by atoms with van der Waals surface area (Å²) in [5.41, 5.74) is -0.473. The highest BCUT2D eigenvalue weighted by Gasteiger charge is 2.35. The molecule has 0 bridgehead atoms. The Morgan fingerprint density at radius 1 is 1.20 bits per heavy atom. The van der Waals surface area contributed by atoms with Crippen LogP contribution < -0.4 is 0 Å². The van der Waals surface area contributed by atoms with E-state index in [1.54, 1.807) is 6.92 Å². The Morgan fingerprint density at radius 3 is 2.07 bits per heavy atom. The van der Waals surface area contributed by atoms with Crippen LogP contribution in [0.4, 0.5) is 13.2 Å². The van der Waals surface area contributed by atoms with Gasteiger partial charge in [0, 0.05) is 0 Å². The lowest BCUT2D eigenvalue weighted by atomic mass is 10.1. The summed E-state index contributed by atoms with van der Waals surface area (Å²) in [6.07, 6.45) is -4.03. The lowest BCUT2D eigenvalue weighted by molar-refractivity contribution is -0.138. The minimum Gasteiger partial charge on any atom is -0.166 e. The molecule has 0 saturated carbocycles. The minimum atomic E-state index is -4.36. The van der Waals surface area contributed by atoms with Crippen LogP contribution in [0.25, 0.3) is 0 Å². The fourth-order valence-corrected chi connectivity index (χ4v) is 1.48. The number of hydrogen-bond donors (Lipinski definition) is 0. The first-order valence-corrected chi connectivity index (χ1v) is 5.19. The van der Waals surface area contributed by atoms with Crippen LogP contribution in [0.5, 0.6) is 0 Å². The number of benzene rings is 1. The van der Waals surface area contributed by atoms with Gasteiger partial charge in [-0.3, -0.25) is 0 Å². The van der Waals surface area contributed by atoms with E-state index < -0.39 is 11.7 Å². The van der Waals surface area contributed by atoms with Gasteiger partial charge in [-0.2, -0.15) is 13.2 Å². The van der Waals surface area contributed by atoms with Crippen LogP contribution >= 0.6 is 11.6 Å². The molecule has 0 aliphatic carbocycles. The van der Waals surface area contributed by atoms with Gasteiger partial charge in [-0.1, -0.05) is 44.5 Å². The second-order valence-electron chi connectivity index (χ2n) is 2.63. The van der Waals surface area contributed by atoms with Gasteiger partial charge in [0.05, 0.1) is 10.6 Å². The Bertz CT molecular complexity index is 305. The zero-order valence-corrected chi connectivity index (χ0v) is 9.71. The van der Waals surface area contributed by atoms with Crippen molar-refractivity contribution in [2.45, 2.75) is 33.4 Å². The molecular formula is C11H14ClF3. The average molecular weight is 239 g/mol. The Labute approximate surface area is 93.1 Å². The molecule has 0 spiro atoms. The molecule has 0 fully saturated rings. The standard InChI is InChI=1S/C9H8ClF3.C2H6/c1-2-6-4-3-5-7(10)8(6)9(11,12)13;1-2/h3-5H,2H2,1H3;1-2H3. The first kappa shape index (κ1) is 14.3. The van der Waals surface area contributed by atoms with Crippen molar-refractivity contribution in [3.63, 3.8) is 0 Å². The first-order valence-electron chi connectivity index (χ1n) is 4.81. The second kappa shape index (κ2) is 6.01. The molecule has 0 saturated heterocycles. The van der Waals surface area contributed by atoms with Gasteiger partial charge >= 0.3 is 6.18 Å². The summed E-state index contributed by atoms with van der Waals surface area (Å²) < 4.78 is 37.2. The highest BCUT2D eigenvalue weighted by Crippen LogP contribution is 2.37. The van der Waals surface area contributed by atoms with Crippen LogP contribution in [0.15, 0.2) is 18.2 Å². The highest BCUT2D eigenvalue weighted by molar-refractivity contribution is 6.31. The van der Waals surface area contributed by atoms with Gasteiger partial charge in [-0.05, 0) is 18.1 Å². The second-order valence-corrected chi connectivity index (χ2v) is 3.03. The van der Waals surface area contributed by atoms with Crippen LogP contribution in [0.1, 0.15) is 31.9 Å². The normalized spacial score (nSPS) is 10.6. The maximum Gasteiger partial charge on any atom is 0.418 e. The Hall–Kier alpha value is -0.700. The smallest absolute Gasteiger partial charge is 0.166 e. The molecule has 0 heterocycles. The lowest BCUT2D eigenvalue weighted by Crippen LogP contribution is -2.09. The molecule has 0 aliphatic rings. The van der Waals surface area contributed by atoms with E-state index in [0.29, 0.717) is 6.42 Å². The number of alkyl halides is 3. The maximum atomic E-state index is 12.4. The minimum absolute atomic E-state index is 0.230. The third-order valence-corrected chi connectivity index (χ3v) is 2.08. The predicted octanol–water partition coefficient (Wildman–Crippen LogP) is 4.95. The van der Waals surface area contributed by atoms with Gasteiger partial charge in [0.25, 0.3) is 0 Å². The first-order chi connectivity index (χ1) is 6.96. The van der Waals surface area contributed by atoms with Crippen LogP contribution in [-0.4, -0.2) is 0 Å². The molecule has 0 unspecified atom stereocenters. The van der Waals surface area contributed by atoms with Crippen LogP contribution in [0.2, 0.25) is 5.02 Å². The zero-order valence-electron chi connectivity index (χ0n) is 8.95. The SMILES string of the molecule is CC.CCc1cccc(Cl)c1C(F)(F)F. The van der Waals surface area contributed by atoms with Crippen molar-refractivity contribution in [2.24, 2.45) is 0 Å². The Kier molecular flexibility index (Phi) is 5.73. The predicted molar refractivity (Wildman–Crippen MR) is 57.2 cm³/mol. The summed E-state index contributed by atoms with van der Waals surface area (Å²) in [5.74, 6) is 0. The molecule has 1 rings (SSSR count). The number of aryl methyl sites for hydroxylation is 1. The fourth-order valence-electron chi connectivity index (χ4n) is 1.18. The van der Waals surface area contributed by atoms with E-state index in [1.807, 2.05) is 13.8 Å². The molecule has 0 N–H and O–H groups in total. The summed E-state index contributed by atoms with van der Waals surface area (Å²) in [5, 5.41) is -0.230. The lowest BCUT2D eigenvalue weighted by Gasteiger charge is -2.12. The quantitative estimate of drug-likeness (QED) is 0.650. The third-order valence-electron chi connectivity index (χ3n) is 1.76. The van der Waals surface area contributed by atoms with Gasteiger partial charge in [0.1, 0.15) is 0 Å². The Morgan fingerprint density at radius 2 is 1.73 bits per heavy atom. The van der Waals surface area contributed by atoms with E-state index >= 15 is 0 Å². The molecule has 15 heavy (non-hydrogen) atoms. The molecular weight excluding hydrogens is 225 g/mol. The molecule has 0 aliphatic heterocycles. The number of halogens is 4. The molecule has 86 valence electrons. The fraction of sp³-hybridized carbons (Fsp3) is 0.455. The van der Waals surface area contributed by atoms with Crippen molar-refractivity contribution in [3.8, 4) is 0 Å². The van der Waals surface area contributed by atoms with E-state index in [0.717, 1.165) is 0 Å². The molecule has 1 aromatic rings. The van der Waals surface area contributed by atoms with Crippen molar-refractivity contribution in [2.75, 3.05) is 0 Å². The molecule has 0 nitrogen and oxygen atoms in total. The molecule has 0 aromatic heterocycles. The summed E-state index contributed by atoms with van der Waals surface area (Å²) >= 11 is 5.47. The van der Waals surface area contributed by atoms with E-state index in [1.165, 1.54) is 18.2 Å². The Balaban J connectivity index is 0.000000921. The van der Waals surface area contributed by atoms with E-state index in [4.69, 9.17) is 11.6 Å². The van der Waals surface area contributed by atoms with Crippen molar-refractivity contribution in [3.05, 3.63) is 34.3 Å². The number of rotatable bonds is 1. The maximum absolute atomic E-state index is 12.4. The number of hydrogen-bond acceptors (Lipinski definition) is 0. The van der Waals surface area contributed by atoms with Gasteiger partial charge in [-0.25, -0.2) is 0 Å². The largest absolute Gasteiger partial charge is 0.418 e. The summed E-state index contributed by atoms with van der Waals surface area (Å²) in [4.78, 5) is 0. The molecule has 0 amide bonds. The van der Waals surface area contributed by atoms with E-state index in [9.17, 15) is 13.2 Å². The van der Waals surface area contributed by atoms with Gasteiger partial charge in [0.15, 0.2) is 0 Å². The van der Waals surface area contributed by atoms with E-state index in [-0.39, 0.29) is 10.6 Å². The molecule has 1 aromatic carbocycles. The topological polar surface area (TPSA) is 0 Å². The van der Waals surface area contributed by atoms with Gasteiger partial charge in [0.2, 0.25) is 0 Å². The molecule has 4 heteroatoms. The van der Waals surface area contributed by atoms with Crippen molar-refractivity contribution in [1.82, 2.24) is 0 Å². The molecule has 0 radical (unpaired) electrons. The molecule has 0 atom stereocenters.